The lowest BCUT2D eigenvalue weighted by Gasteiger charge is -2.16. The van der Waals surface area contributed by atoms with E-state index in [2.05, 4.69) is 31.9 Å². The first-order valence-corrected chi connectivity index (χ1v) is 8.40. The fourth-order valence-electron chi connectivity index (χ4n) is 1.77. The summed E-state index contributed by atoms with van der Waals surface area (Å²) in [6.07, 6.45) is 0. The van der Waals surface area contributed by atoms with Gasteiger partial charge in [-0.1, -0.05) is 66.7 Å². The summed E-state index contributed by atoms with van der Waals surface area (Å²) in [4.78, 5) is -0.164. The summed E-state index contributed by atoms with van der Waals surface area (Å²) in [5, 5.41) is 1.71. The van der Waals surface area contributed by atoms with E-state index in [1.165, 1.54) is 0 Å². The van der Waals surface area contributed by atoms with Gasteiger partial charge in [-0.15, -0.1) is 0 Å². The van der Waals surface area contributed by atoms with Gasteiger partial charge in [-0.25, -0.2) is 0 Å². The van der Waals surface area contributed by atoms with Crippen LogP contribution in [0.25, 0.3) is 0 Å². The third kappa shape index (κ3) is 3.45. The minimum atomic E-state index is -0.164. The maximum atomic E-state index is 6.29. The minimum Gasteiger partial charge on any atom is -0.495 e. The molecular formula is C14H9Br2Cl3O. The van der Waals surface area contributed by atoms with Crippen LogP contribution in [0.5, 0.6) is 5.75 Å². The summed E-state index contributed by atoms with van der Waals surface area (Å²) in [6.45, 7) is 0. The molecule has 0 fully saturated rings. The Morgan fingerprint density at radius 2 is 1.60 bits per heavy atom. The lowest BCUT2D eigenvalue weighted by Crippen LogP contribution is -1.97. The maximum absolute atomic E-state index is 6.29. The van der Waals surface area contributed by atoms with Gasteiger partial charge in [0.1, 0.15) is 5.75 Å². The number of hydrogen-bond acceptors (Lipinski definition) is 1. The number of benzene rings is 2. The molecule has 0 saturated carbocycles. The second kappa shape index (κ2) is 6.89. The molecule has 0 radical (unpaired) electrons. The van der Waals surface area contributed by atoms with Gasteiger partial charge in [-0.2, -0.15) is 0 Å². The average Bonchev–Trinajstić information content (AvgIpc) is 2.42. The van der Waals surface area contributed by atoms with Crippen LogP contribution >= 0.6 is 66.7 Å². The van der Waals surface area contributed by atoms with E-state index in [9.17, 15) is 0 Å². The van der Waals surface area contributed by atoms with E-state index >= 15 is 0 Å². The lowest BCUT2D eigenvalue weighted by atomic mass is 10.0. The monoisotopic (exact) mass is 456 g/mol. The second-order valence-corrected chi connectivity index (χ2v) is 7.09. The van der Waals surface area contributed by atoms with Crippen LogP contribution < -0.4 is 4.74 Å². The molecule has 6 heteroatoms. The first kappa shape index (κ1) is 16.4. The molecule has 2 aromatic rings. The molecule has 106 valence electrons. The smallest absolute Gasteiger partial charge is 0.138 e. The van der Waals surface area contributed by atoms with Gasteiger partial charge in [0.15, 0.2) is 0 Å². The Labute approximate surface area is 149 Å². The van der Waals surface area contributed by atoms with Gasteiger partial charge in [-0.3, -0.25) is 0 Å². The maximum Gasteiger partial charge on any atom is 0.138 e. The third-order valence-electron chi connectivity index (χ3n) is 2.78. The predicted octanol–water partition coefficient (Wildman–Crippen LogP) is 6.90. The van der Waals surface area contributed by atoms with Crippen molar-refractivity contribution in [1.82, 2.24) is 0 Å². The van der Waals surface area contributed by atoms with Crippen molar-refractivity contribution in [2.75, 3.05) is 7.11 Å². The zero-order chi connectivity index (χ0) is 14.9. The summed E-state index contributed by atoms with van der Waals surface area (Å²) >= 11 is 25.7. The summed E-state index contributed by atoms with van der Waals surface area (Å²) < 4.78 is 6.09. The molecule has 1 atom stereocenters. The van der Waals surface area contributed by atoms with Crippen LogP contribution in [0.4, 0.5) is 0 Å². The zero-order valence-corrected chi connectivity index (χ0v) is 15.7. The van der Waals surface area contributed by atoms with Gasteiger partial charge in [0.05, 0.1) is 17.0 Å². The Morgan fingerprint density at radius 3 is 2.25 bits per heavy atom. The van der Waals surface area contributed by atoms with Crippen molar-refractivity contribution >= 4 is 66.7 Å². The highest BCUT2D eigenvalue weighted by molar-refractivity contribution is 9.10. The van der Waals surface area contributed by atoms with Crippen LogP contribution in [0.3, 0.4) is 0 Å². The topological polar surface area (TPSA) is 9.23 Å². The standard InChI is InChI=1S/C14H9Br2Cl3O/c1-20-13-6-11(18)9(5-12(13)19)14(16)8-4-7(15)2-3-10(8)17/h2-6,14H,1H3. The van der Waals surface area contributed by atoms with E-state index < -0.39 is 0 Å². The fourth-order valence-corrected chi connectivity index (χ4v) is 3.91. The Balaban J connectivity index is 2.50. The highest BCUT2D eigenvalue weighted by Crippen LogP contribution is 2.42. The van der Waals surface area contributed by atoms with E-state index in [-0.39, 0.29) is 4.83 Å². The summed E-state index contributed by atoms with van der Waals surface area (Å²) in [5.41, 5.74) is 1.74. The van der Waals surface area contributed by atoms with Crippen LogP contribution in [0.1, 0.15) is 16.0 Å². The largest absolute Gasteiger partial charge is 0.495 e. The van der Waals surface area contributed by atoms with Crippen molar-refractivity contribution in [3.63, 3.8) is 0 Å². The molecule has 0 heterocycles. The molecule has 0 aromatic heterocycles. The molecule has 0 spiro atoms. The van der Waals surface area contributed by atoms with E-state index in [1.807, 2.05) is 18.2 Å². The average molecular weight is 459 g/mol. The van der Waals surface area contributed by atoms with Gasteiger partial charge in [0.25, 0.3) is 0 Å². The third-order valence-corrected chi connectivity index (χ3v) is 5.22. The Hall–Kier alpha value is 0.0700. The molecule has 0 N–H and O–H groups in total. The molecule has 0 aliphatic carbocycles. The molecule has 20 heavy (non-hydrogen) atoms. The molecule has 2 rings (SSSR count). The fraction of sp³-hybridized carbons (Fsp3) is 0.143. The van der Waals surface area contributed by atoms with E-state index in [1.54, 1.807) is 19.2 Å². The summed E-state index contributed by atoms with van der Waals surface area (Å²) in [5.74, 6) is 0.542. The highest BCUT2D eigenvalue weighted by atomic mass is 79.9. The summed E-state index contributed by atoms with van der Waals surface area (Å²) in [6, 6.07) is 9.12. The predicted molar refractivity (Wildman–Crippen MR) is 92.9 cm³/mol. The molecule has 2 aromatic carbocycles. The first-order chi connectivity index (χ1) is 9.43. The SMILES string of the molecule is COc1cc(Cl)c(C(Br)c2cc(Br)ccc2Cl)cc1Cl. The number of ether oxygens (including phenoxy) is 1. The van der Waals surface area contributed by atoms with Gasteiger partial charge < -0.3 is 4.74 Å². The van der Waals surface area contributed by atoms with Crippen LogP contribution in [0.15, 0.2) is 34.8 Å². The molecule has 1 unspecified atom stereocenters. The molecular weight excluding hydrogens is 450 g/mol. The van der Waals surface area contributed by atoms with E-state index in [0.717, 1.165) is 15.6 Å². The van der Waals surface area contributed by atoms with Crippen LogP contribution in [-0.2, 0) is 0 Å². The normalized spacial score (nSPS) is 12.3. The number of alkyl halides is 1. The Bertz CT molecular complexity index is 647. The highest BCUT2D eigenvalue weighted by Gasteiger charge is 2.19. The first-order valence-electron chi connectivity index (χ1n) is 5.56. The number of halogens is 5. The molecule has 0 saturated heterocycles. The Morgan fingerprint density at radius 1 is 0.950 bits per heavy atom. The quantitative estimate of drug-likeness (QED) is 0.454. The molecule has 0 aliphatic rings. The van der Waals surface area contributed by atoms with Crippen molar-refractivity contribution in [3.8, 4) is 5.75 Å². The summed E-state index contributed by atoms with van der Waals surface area (Å²) in [7, 11) is 1.55. The molecule has 0 aliphatic heterocycles. The van der Waals surface area contributed by atoms with Crippen molar-refractivity contribution in [2.45, 2.75) is 4.83 Å². The molecule has 0 bridgehead atoms. The lowest BCUT2D eigenvalue weighted by molar-refractivity contribution is 0.415. The number of methoxy groups -OCH3 is 1. The van der Waals surface area contributed by atoms with Crippen LogP contribution in [-0.4, -0.2) is 7.11 Å². The van der Waals surface area contributed by atoms with Gasteiger partial charge in [0, 0.05) is 20.6 Å². The number of hydrogen-bond donors (Lipinski definition) is 0. The minimum absolute atomic E-state index is 0.164. The zero-order valence-electron chi connectivity index (χ0n) is 10.3. The Kier molecular flexibility index (Phi) is 5.66. The number of rotatable bonds is 3. The van der Waals surface area contributed by atoms with Crippen molar-refractivity contribution in [1.29, 1.82) is 0 Å². The van der Waals surface area contributed by atoms with Crippen molar-refractivity contribution in [3.05, 3.63) is 61.0 Å². The van der Waals surface area contributed by atoms with Crippen LogP contribution in [0, 0.1) is 0 Å². The molecule has 0 amide bonds. The van der Waals surface area contributed by atoms with Gasteiger partial charge >= 0.3 is 0 Å². The molecule has 1 nitrogen and oxygen atoms in total. The van der Waals surface area contributed by atoms with Crippen LogP contribution in [0.2, 0.25) is 15.1 Å². The van der Waals surface area contributed by atoms with Gasteiger partial charge in [-0.05, 0) is 35.4 Å². The van der Waals surface area contributed by atoms with E-state index in [4.69, 9.17) is 39.5 Å². The van der Waals surface area contributed by atoms with Crippen molar-refractivity contribution in [2.24, 2.45) is 0 Å². The second-order valence-electron chi connectivity index (χ2n) is 4.04. The van der Waals surface area contributed by atoms with E-state index in [0.29, 0.717) is 20.8 Å². The van der Waals surface area contributed by atoms with Gasteiger partial charge in [0.2, 0.25) is 0 Å². The van der Waals surface area contributed by atoms with Crippen molar-refractivity contribution < 1.29 is 4.74 Å².